The third-order valence-corrected chi connectivity index (χ3v) is 6.50. The maximum absolute atomic E-state index is 13.1. The third kappa shape index (κ3) is 3.28. The zero-order valence-electron chi connectivity index (χ0n) is 15.4. The highest BCUT2D eigenvalue weighted by Crippen LogP contribution is 2.42. The summed E-state index contributed by atoms with van der Waals surface area (Å²) in [5.74, 6) is -1.41. The average Bonchev–Trinajstić information content (AvgIpc) is 3.40. The van der Waals surface area contributed by atoms with E-state index in [4.69, 9.17) is 4.74 Å². The fourth-order valence-corrected chi connectivity index (χ4v) is 4.60. The first kappa shape index (κ1) is 19.3. The maximum atomic E-state index is 13.1. The second-order valence-electron chi connectivity index (χ2n) is 6.60. The number of hydrogen-bond donors (Lipinski definition) is 0. The number of ketones is 1. The molecule has 0 bridgehead atoms. The average molecular weight is 387 g/mol. The van der Waals surface area contributed by atoms with Gasteiger partial charge in [0.25, 0.3) is 0 Å². The molecule has 0 spiro atoms. The molecule has 6 nitrogen and oxygen atoms in total. The molecular formula is C20H21NO5S. The highest BCUT2D eigenvalue weighted by Gasteiger charge is 2.70. The van der Waals surface area contributed by atoms with Crippen molar-refractivity contribution in [2.75, 3.05) is 13.2 Å². The van der Waals surface area contributed by atoms with Crippen molar-refractivity contribution < 1.29 is 22.7 Å². The lowest BCUT2D eigenvalue weighted by Crippen LogP contribution is -2.41. The fourth-order valence-electron chi connectivity index (χ4n) is 2.94. The molecule has 1 aliphatic rings. The lowest BCUT2D eigenvalue weighted by atomic mass is 9.97. The van der Waals surface area contributed by atoms with Crippen molar-refractivity contribution in [1.29, 1.82) is 0 Å². The first-order valence-corrected chi connectivity index (χ1v) is 10.1. The van der Waals surface area contributed by atoms with E-state index in [0.29, 0.717) is 0 Å². The molecule has 1 saturated heterocycles. The van der Waals surface area contributed by atoms with Crippen LogP contribution < -0.4 is 0 Å². The van der Waals surface area contributed by atoms with Gasteiger partial charge in [0.1, 0.15) is 0 Å². The molecule has 0 radical (unpaired) electrons. The molecule has 7 heteroatoms. The second-order valence-corrected chi connectivity index (χ2v) is 8.46. The number of rotatable bonds is 6. The largest absolute Gasteiger partial charge is 0.464 e. The van der Waals surface area contributed by atoms with Gasteiger partial charge in [-0.1, -0.05) is 47.5 Å². The third-order valence-electron chi connectivity index (χ3n) is 4.61. The first-order valence-electron chi connectivity index (χ1n) is 8.61. The molecule has 0 aromatic heterocycles. The van der Waals surface area contributed by atoms with E-state index >= 15 is 0 Å². The van der Waals surface area contributed by atoms with Gasteiger partial charge in [0.2, 0.25) is 15.6 Å². The molecule has 1 fully saturated rings. The van der Waals surface area contributed by atoms with E-state index < -0.39 is 27.3 Å². The number of Topliss-reactive ketones (excluding diaryl/α,β-unsaturated/α-hetero) is 1. The summed E-state index contributed by atoms with van der Waals surface area (Å²) in [6, 6.07) is 12.9. The molecule has 3 rings (SSSR count). The topological polar surface area (TPSA) is 80.5 Å². The molecule has 142 valence electrons. The van der Waals surface area contributed by atoms with Gasteiger partial charge in [0.05, 0.1) is 18.0 Å². The van der Waals surface area contributed by atoms with Crippen LogP contribution in [-0.4, -0.2) is 43.2 Å². The number of carbonyl (C=O) groups is 2. The van der Waals surface area contributed by atoms with Gasteiger partial charge in [-0.3, -0.25) is 4.79 Å². The summed E-state index contributed by atoms with van der Waals surface area (Å²) >= 11 is 0. The molecule has 0 N–H and O–H groups in total. The van der Waals surface area contributed by atoms with Gasteiger partial charge >= 0.3 is 5.97 Å². The number of benzene rings is 2. The van der Waals surface area contributed by atoms with E-state index in [1.165, 1.54) is 12.1 Å². The van der Waals surface area contributed by atoms with E-state index in [0.717, 1.165) is 15.4 Å². The molecule has 2 aromatic carbocycles. The predicted molar refractivity (Wildman–Crippen MR) is 99.9 cm³/mol. The molecule has 27 heavy (non-hydrogen) atoms. The zero-order chi connectivity index (χ0) is 19.8. The van der Waals surface area contributed by atoms with Crippen LogP contribution in [0.1, 0.15) is 28.4 Å². The van der Waals surface area contributed by atoms with Crippen LogP contribution in [0.15, 0.2) is 53.4 Å². The SMILES string of the molecule is CCOC(=O)C1(C(=O)c2ccc(C)cc2)CN1S(=O)(=O)c1ccc(C)cc1. The van der Waals surface area contributed by atoms with Gasteiger partial charge in [-0.05, 0) is 32.9 Å². The van der Waals surface area contributed by atoms with Crippen LogP contribution in [0.2, 0.25) is 0 Å². The number of carbonyl (C=O) groups excluding carboxylic acids is 2. The lowest BCUT2D eigenvalue weighted by Gasteiger charge is -2.16. The minimum absolute atomic E-state index is 0.0379. The summed E-state index contributed by atoms with van der Waals surface area (Å²) in [7, 11) is -4.00. The van der Waals surface area contributed by atoms with Gasteiger partial charge in [0.15, 0.2) is 5.78 Å². The van der Waals surface area contributed by atoms with E-state index in [1.54, 1.807) is 43.3 Å². The first-order chi connectivity index (χ1) is 12.7. The molecule has 2 aromatic rings. The summed E-state index contributed by atoms with van der Waals surface area (Å²) in [6.45, 7) is 5.16. The van der Waals surface area contributed by atoms with Gasteiger partial charge < -0.3 is 4.74 Å². The minimum atomic E-state index is -4.00. The van der Waals surface area contributed by atoms with Crippen LogP contribution >= 0.6 is 0 Å². The van der Waals surface area contributed by atoms with Gasteiger partial charge in [-0.15, -0.1) is 0 Å². The fraction of sp³-hybridized carbons (Fsp3) is 0.300. The minimum Gasteiger partial charge on any atom is -0.464 e. The smallest absolute Gasteiger partial charge is 0.337 e. The summed E-state index contributed by atoms with van der Waals surface area (Å²) in [6.07, 6.45) is 0. The van der Waals surface area contributed by atoms with Crippen molar-refractivity contribution in [1.82, 2.24) is 4.31 Å². The van der Waals surface area contributed by atoms with Crippen LogP contribution in [0.4, 0.5) is 0 Å². The molecular weight excluding hydrogens is 366 g/mol. The van der Waals surface area contributed by atoms with Gasteiger partial charge in [0, 0.05) is 5.56 Å². The van der Waals surface area contributed by atoms with Crippen molar-refractivity contribution in [3.05, 3.63) is 65.2 Å². The highest BCUT2D eigenvalue weighted by atomic mass is 32.2. The number of hydrogen-bond acceptors (Lipinski definition) is 5. The van der Waals surface area contributed by atoms with Gasteiger partial charge in [-0.25, -0.2) is 13.2 Å². The monoisotopic (exact) mass is 387 g/mol. The Labute approximate surface area is 158 Å². The normalized spacial score (nSPS) is 21.5. The quantitative estimate of drug-likeness (QED) is 0.329. The summed E-state index contributed by atoms with van der Waals surface area (Å²) in [4.78, 5) is 25.7. The molecule has 2 unspecified atom stereocenters. The van der Waals surface area contributed by atoms with Crippen molar-refractivity contribution >= 4 is 21.8 Å². The lowest BCUT2D eigenvalue weighted by molar-refractivity contribution is -0.145. The van der Waals surface area contributed by atoms with E-state index in [-0.39, 0.29) is 23.6 Å². The van der Waals surface area contributed by atoms with E-state index in [2.05, 4.69) is 0 Å². The Hall–Kier alpha value is -2.51. The molecule has 1 aliphatic heterocycles. The number of esters is 1. The molecule has 2 atom stereocenters. The van der Waals surface area contributed by atoms with E-state index in [1.807, 2.05) is 13.8 Å². The van der Waals surface area contributed by atoms with Crippen molar-refractivity contribution in [3.63, 3.8) is 0 Å². The Balaban J connectivity index is 2.01. The number of sulfonamides is 1. The molecule has 0 aliphatic carbocycles. The Morgan fingerprint density at radius 1 is 1.00 bits per heavy atom. The van der Waals surface area contributed by atoms with Crippen LogP contribution in [-0.2, 0) is 19.6 Å². The van der Waals surface area contributed by atoms with Crippen molar-refractivity contribution in [2.24, 2.45) is 0 Å². The van der Waals surface area contributed by atoms with Crippen LogP contribution in [0.25, 0.3) is 0 Å². The molecule has 1 heterocycles. The van der Waals surface area contributed by atoms with Crippen LogP contribution in [0, 0.1) is 13.8 Å². The standard InChI is InChI=1S/C20H21NO5S/c1-4-26-19(23)20(18(22)16-9-5-14(2)6-10-16)13-21(20)27(24,25)17-11-7-15(3)8-12-17/h5-12H,4,13H2,1-3H3. The van der Waals surface area contributed by atoms with Gasteiger partial charge in [-0.2, -0.15) is 4.31 Å². The molecule has 0 amide bonds. The van der Waals surface area contributed by atoms with Crippen molar-refractivity contribution in [2.45, 2.75) is 31.2 Å². The zero-order valence-corrected chi connectivity index (χ0v) is 16.2. The Morgan fingerprint density at radius 3 is 2.04 bits per heavy atom. The molecule has 0 saturated carbocycles. The number of aryl methyl sites for hydroxylation is 2. The Morgan fingerprint density at radius 2 is 1.52 bits per heavy atom. The number of ether oxygens (including phenoxy) is 1. The summed E-state index contributed by atoms with van der Waals surface area (Å²) < 4.78 is 31.9. The second kappa shape index (κ2) is 6.90. The highest BCUT2D eigenvalue weighted by molar-refractivity contribution is 7.89. The Bertz CT molecular complexity index is 980. The van der Waals surface area contributed by atoms with Crippen LogP contribution in [0.5, 0.6) is 0 Å². The summed E-state index contributed by atoms with van der Waals surface area (Å²) in [5, 5.41) is 0. The van der Waals surface area contributed by atoms with Crippen LogP contribution in [0.3, 0.4) is 0 Å². The predicted octanol–water partition coefficient (Wildman–Crippen LogP) is 2.49. The Kier molecular flexibility index (Phi) is 4.92. The van der Waals surface area contributed by atoms with Crippen molar-refractivity contribution in [3.8, 4) is 0 Å². The number of nitrogens with zero attached hydrogens (tertiary/aromatic N) is 1. The summed E-state index contributed by atoms with van der Waals surface area (Å²) in [5.41, 5.74) is 0.300. The van der Waals surface area contributed by atoms with E-state index in [9.17, 15) is 18.0 Å². The maximum Gasteiger partial charge on any atom is 0.337 e.